The molecular weight excluding hydrogens is 164 g/mol. The first-order valence-electron chi connectivity index (χ1n) is 4.85. The summed E-state index contributed by atoms with van der Waals surface area (Å²) in [7, 11) is 1.85. The number of allylic oxidation sites excluding steroid dienone is 1. The van der Waals surface area contributed by atoms with Crippen molar-refractivity contribution in [2.75, 3.05) is 20.1 Å². The number of likely N-dealkylation sites (tertiary alicyclic amines) is 1. The molecule has 1 rings (SSSR count). The fourth-order valence-corrected chi connectivity index (χ4v) is 1.53. The van der Waals surface area contributed by atoms with Gasteiger partial charge >= 0.3 is 0 Å². The van der Waals surface area contributed by atoms with E-state index in [1.807, 2.05) is 13.1 Å². The van der Waals surface area contributed by atoms with Crippen molar-refractivity contribution in [3.8, 4) is 0 Å². The second-order valence-corrected chi connectivity index (χ2v) is 3.49. The van der Waals surface area contributed by atoms with E-state index in [-0.39, 0.29) is 11.9 Å². The Morgan fingerprint density at radius 3 is 3.08 bits per heavy atom. The van der Waals surface area contributed by atoms with E-state index in [1.165, 1.54) is 0 Å². The number of carbonyl (C=O) groups is 1. The van der Waals surface area contributed by atoms with Gasteiger partial charge < -0.3 is 10.2 Å². The zero-order valence-corrected chi connectivity index (χ0v) is 8.25. The minimum absolute atomic E-state index is 0.0646. The normalized spacial score (nSPS) is 22.4. The molecule has 1 aliphatic rings. The van der Waals surface area contributed by atoms with E-state index in [9.17, 15) is 4.79 Å². The van der Waals surface area contributed by atoms with Crippen molar-refractivity contribution >= 4 is 5.91 Å². The Labute approximate surface area is 79.8 Å². The lowest BCUT2D eigenvalue weighted by Crippen LogP contribution is -2.37. The SMILES string of the molecule is C=CCCCNC1CCN(C)C1=O. The van der Waals surface area contributed by atoms with Gasteiger partial charge in [-0.25, -0.2) is 0 Å². The van der Waals surface area contributed by atoms with E-state index in [1.54, 1.807) is 4.90 Å². The summed E-state index contributed by atoms with van der Waals surface area (Å²) < 4.78 is 0. The van der Waals surface area contributed by atoms with Crippen LogP contribution in [-0.4, -0.2) is 37.0 Å². The van der Waals surface area contributed by atoms with Crippen LogP contribution in [0.25, 0.3) is 0 Å². The summed E-state index contributed by atoms with van der Waals surface area (Å²) in [5.41, 5.74) is 0. The highest BCUT2D eigenvalue weighted by atomic mass is 16.2. The molecule has 3 heteroatoms. The van der Waals surface area contributed by atoms with E-state index in [0.717, 1.165) is 32.4 Å². The molecule has 1 saturated heterocycles. The van der Waals surface area contributed by atoms with E-state index in [2.05, 4.69) is 11.9 Å². The highest BCUT2D eigenvalue weighted by Crippen LogP contribution is 2.08. The standard InChI is InChI=1S/C10H18N2O/c1-3-4-5-7-11-9-6-8-12(2)10(9)13/h3,9,11H,1,4-8H2,2H3. The molecule has 1 atom stereocenters. The van der Waals surface area contributed by atoms with Gasteiger partial charge in [-0.3, -0.25) is 4.79 Å². The second kappa shape index (κ2) is 5.02. The number of rotatable bonds is 5. The third-order valence-electron chi connectivity index (χ3n) is 2.40. The van der Waals surface area contributed by atoms with Crippen LogP contribution in [0.5, 0.6) is 0 Å². The maximum Gasteiger partial charge on any atom is 0.239 e. The van der Waals surface area contributed by atoms with Crippen molar-refractivity contribution in [2.45, 2.75) is 25.3 Å². The van der Waals surface area contributed by atoms with Crippen molar-refractivity contribution in [1.82, 2.24) is 10.2 Å². The molecule has 0 spiro atoms. The molecule has 1 amide bonds. The molecule has 0 aromatic carbocycles. The lowest BCUT2D eigenvalue weighted by molar-refractivity contribution is -0.128. The minimum atomic E-state index is 0.0646. The first-order chi connectivity index (χ1) is 6.25. The van der Waals surface area contributed by atoms with Gasteiger partial charge in [0.1, 0.15) is 0 Å². The molecule has 0 aromatic rings. The summed E-state index contributed by atoms with van der Waals surface area (Å²) in [6.07, 6.45) is 4.94. The van der Waals surface area contributed by atoms with Gasteiger partial charge in [0.05, 0.1) is 6.04 Å². The zero-order chi connectivity index (χ0) is 9.68. The fraction of sp³-hybridized carbons (Fsp3) is 0.700. The lowest BCUT2D eigenvalue weighted by atomic mass is 10.2. The smallest absolute Gasteiger partial charge is 0.239 e. The summed E-state index contributed by atoms with van der Waals surface area (Å²) >= 11 is 0. The Balaban J connectivity index is 2.15. The van der Waals surface area contributed by atoms with E-state index < -0.39 is 0 Å². The fourth-order valence-electron chi connectivity index (χ4n) is 1.53. The summed E-state index contributed by atoms with van der Waals surface area (Å²) in [6, 6.07) is 0.0646. The molecule has 0 aromatic heterocycles. The minimum Gasteiger partial charge on any atom is -0.344 e. The Morgan fingerprint density at radius 2 is 2.54 bits per heavy atom. The van der Waals surface area contributed by atoms with Gasteiger partial charge in [0.15, 0.2) is 0 Å². The third-order valence-corrected chi connectivity index (χ3v) is 2.40. The van der Waals surface area contributed by atoms with Crippen LogP contribution in [0.2, 0.25) is 0 Å². The predicted molar refractivity (Wildman–Crippen MR) is 53.5 cm³/mol. The molecule has 1 N–H and O–H groups in total. The first kappa shape index (κ1) is 10.3. The number of nitrogens with one attached hydrogen (secondary N) is 1. The van der Waals surface area contributed by atoms with Gasteiger partial charge in [0, 0.05) is 13.6 Å². The summed E-state index contributed by atoms with van der Waals surface area (Å²) in [5.74, 6) is 0.235. The molecule has 1 heterocycles. The molecule has 1 aliphatic heterocycles. The van der Waals surface area contributed by atoms with Crippen molar-refractivity contribution in [2.24, 2.45) is 0 Å². The lowest BCUT2D eigenvalue weighted by Gasteiger charge is -2.11. The molecule has 3 nitrogen and oxygen atoms in total. The van der Waals surface area contributed by atoms with Crippen LogP contribution in [0.1, 0.15) is 19.3 Å². The summed E-state index contributed by atoms with van der Waals surface area (Å²) in [6.45, 7) is 5.45. The highest BCUT2D eigenvalue weighted by molar-refractivity contribution is 5.83. The monoisotopic (exact) mass is 182 g/mol. The van der Waals surface area contributed by atoms with Crippen LogP contribution >= 0.6 is 0 Å². The van der Waals surface area contributed by atoms with Crippen molar-refractivity contribution < 1.29 is 4.79 Å². The number of hydrogen-bond donors (Lipinski definition) is 1. The van der Waals surface area contributed by atoms with Crippen LogP contribution in [0.15, 0.2) is 12.7 Å². The van der Waals surface area contributed by atoms with Crippen molar-refractivity contribution in [3.63, 3.8) is 0 Å². The van der Waals surface area contributed by atoms with E-state index in [0.29, 0.717) is 0 Å². The average Bonchev–Trinajstić information content (AvgIpc) is 2.43. The van der Waals surface area contributed by atoms with Crippen LogP contribution in [-0.2, 0) is 4.79 Å². The quantitative estimate of drug-likeness (QED) is 0.503. The Hall–Kier alpha value is -0.830. The zero-order valence-electron chi connectivity index (χ0n) is 8.25. The van der Waals surface area contributed by atoms with Crippen molar-refractivity contribution in [1.29, 1.82) is 0 Å². The van der Waals surface area contributed by atoms with E-state index >= 15 is 0 Å². The molecule has 13 heavy (non-hydrogen) atoms. The second-order valence-electron chi connectivity index (χ2n) is 3.49. The predicted octanol–water partition coefficient (Wildman–Crippen LogP) is 0.773. The Kier molecular flexibility index (Phi) is 3.96. The molecule has 0 radical (unpaired) electrons. The number of nitrogens with zero attached hydrogens (tertiary/aromatic N) is 1. The number of carbonyl (C=O) groups excluding carboxylic acids is 1. The van der Waals surface area contributed by atoms with Gasteiger partial charge in [0.25, 0.3) is 0 Å². The molecule has 0 bridgehead atoms. The molecule has 1 fully saturated rings. The molecule has 74 valence electrons. The van der Waals surface area contributed by atoms with Gasteiger partial charge in [0.2, 0.25) is 5.91 Å². The third kappa shape index (κ3) is 2.84. The van der Waals surface area contributed by atoms with Gasteiger partial charge in [-0.1, -0.05) is 6.08 Å². The van der Waals surface area contributed by atoms with Crippen LogP contribution in [0, 0.1) is 0 Å². The topological polar surface area (TPSA) is 32.3 Å². The average molecular weight is 182 g/mol. The molecule has 0 aliphatic carbocycles. The Morgan fingerprint density at radius 1 is 1.77 bits per heavy atom. The van der Waals surface area contributed by atoms with Crippen LogP contribution in [0.3, 0.4) is 0 Å². The summed E-state index contributed by atoms with van der Waals surface area (Å²) in [4.78, 5) is 13.2. The maximum atomic E-state index is 11.4. The number of unbranched alkanes of at least 4 members (excludes halogenated alkanes) is 1. The van der Waals surface area contributed by atoms with Crippen molar-refractivity contribution in [3.05, 3.63) is 12.7 Å². The van der Waals surface area contributed by atoms with E-state index in [4.69, 9.17) is 0 Å². The highest BCUT2D eigenvalue weighted by Gasteiger charge is 2.27. The number of likely N-dealkylation sites (N-methyl/N-ethyl adjacent to an activating group) is 1. The Bertz CT molecular complexity index is 191. The van der Waals surface area contributed by atoms with Gasteiger partial charge in [-0.2, -0.15) is 0 Å². The van der Waals surface area contributed by atoms with Gasteiger partial charge in [-0.05, 0) is 25.8 Å². The first-order valence-corrected chi connectivity index (χ1v) is 4.85. The molecule has 0 saturated carbocycles. The maximum absolute atomic E-state index is 11.4. The number of hydrogen-bond acceptors (Lipinski definition) is 2. The molecular formula is C10H18N2O. The molecule has 1 unspecified atom stereocenters. The van der Waals surface area contributed by atoms with Crippen LogP contribution < -0.4 is 5.32 Å². The van der Waals surface area contributed by atoms with Gasteiger partial charge in [-0.15, -0.1) is 6.58 Å². The number of amides is 1. The van der Waals surface area contributed by atoms with Crippen LogP contribution in [0.4, 0.5) is 0 Å². The summed E-state index contributed by atoms with van der Waals surface area (Å²) in [5, 5.41) is 3.26. The largest absolute Gasteiger partial charge is 0.344 e.